The molecule has 7 heteroatoms. The van der Waals surface area contributed by atoms with Gasteiger partial charge in [0.05, 0.1) is 11.7 Å². The van der Waals surface area contributed by atoms with Crippen LogP contribution in [-0.2, 0) is 11.0 Å². The summed E-state index contributed by atoms with van der Waals surface area (Å²) in [6.07, 6.45) is -5.21. The number of benzene rings is 2. The van der Waals surface area contributed by atoms with Crippen molar-refractivity contribution in [2.24, 2.45) is 0 Å². The van der Waals surface area contributed by atoms with E-state index in [1.165, 1.54) is 12.1 Å². The Kier molecular flexibility index (Phi) is 5.29. The summed E-state index contributed by atoms with van der Waals surface area (Å²) in [6, 6.07) is 12.9. The fourth-order valence-corrected chi connectivity index (χ4v) is 3.13. The first-order valence-corrected chi connectivity index (χ1v) is 8.28. The number of β-amino-alcohol motifs (C(OH)–C–C–N with tert-alkyl or cyclic N) is 1. The van der Waals surface area contributed by atoms with E-state index in [9.17, 15) is 23.1 Å². The third kappa shape index (κ3) is 4.05. The zero-order valence-corrected chi connectivity index (χ0v) is 13.9. The molecule has 2 unspecified atom stereocenters. The highest BCUT2D eigenvalue weighted by molar-refractivity contribution is 5.83. The summed E-state index contributed by atoms with van der Waals surface area (Å²) in [7, 11) is 0. The Morgan fingerprint density at radius 1 is 1.12 bits per heavy atom. The Hall–Kier alpha value is -2.38. The molecule has 3 rings (SSSR count). The molecule has 0 spiro atoms. The number of piperazine rings is 1. The van der Waals surface area contributed by atoms with E-state index >= 15 is 0 Å². The molecule has 2 aromatic rings. The number of hydrogen-bond donors (Lipinski definition) is 2. The first-order valence-electron chi connectivity index (χ1n) is 8.28. The normalized spacial score (nSPS) is 19.8. The highest BCUT2D eigenvalue weighted by Gasteiger charge is 2.34. The summed E-state index contributed by atoms with van der Waals surface area (Å²) < 4.78 is 38.3. The molecule has 2 N–H and O–H groups in total. The standard InChI is InChI=1S/C19H19F3N2O2/c20-19(21,22)15-8-6-14(7-9-15)17-18(26)23-10-11-24(17)12-16(25)13-4-2-1-3-5-13/h1-9,16-17,25H,10-12H2,(H,23,26). The molecule has 1 heterocycles. The van der Waals surface area contributed by atoms with Gasteiger partial charge in [-0.25, -0.2) is 0 Å². The van der Waals surface area contributed by atoms with Crippen molar-refractivity contribution in [3.63, 3.8) is 0 Å². The van der Waals surface area contributed by atoms with Crippen molar-refractivity contribution in [1.29, 1.82) is 0 Å². The molecule has 0 aliphatic carbocycles. The second-order valence-corrected chi connectivity index (χ2v) is 6.23. The molecule has 1 saturated heterocycles. The molecule has 4 nitrogen and oxygen atoms in total. The highest BCUT2D eigenvalue weighted by atomic mass is 19.4. The summed E-state index contributed by atoms with van der Waals surface area (Å²) >= 11 is 0. The van der Waals surface area contributed by atoms with Gasteiger partial charge >= 0.3 is 6.18 Å². The molecule has 0 aromatic heterocycles. The number of alkyl halides is 3. The minimum absolute atomic E-state index is 0.211. The molecule has 1 aliphatic heterocycles. The van der Waals surface area contributed by atoms with Crippen LogP contribution in [0.1, 0.15) is 28.8 Å². The minimum atomic E-state index is -4.42. The van der Waals surface area contributed by atoms with Crippen molar-refractivity contribution in [1.82, 2.24) is 10.2 Å². The average molecular weight is 364 g/mol. The van der Waals surface area contributed by atoms with Gasteiger partial charge in [0.2, 0.25) is 5.91 Å². The van der Waals surface area contributed by atoms with E-state index < -0.39 is 23.9 Å². The summed E-state index contributed by atoms with van der Waals surface area (Å²) in [5.41, 5.74) is 0.438. The number of rotatable bonds is 4. The monoisotopic (exact) mass is 364 g/mol. The van der Waals surface area contributed by atoms with Crippen LogP contribution in [0, 0.1) is 0 Å². The lowest BCUT2D eigenvalue weighted by Crippen LogP contribution is -2.51. The van der Waals surface area contributed by atoms with Gasteiger partial charge in [0.15, 0.2) is 0 Å². The molecule has 1 aliphatic rings. The number of aliphatic hydroxyl groups is 1. The van der Waals surface area contributed by atoms with Crippen LogP contribution in [0.15, 0.2) is 54.6 Å². The topological polar surface area (TPSA) is 52.6 Å². The lowest BCUT2D eigenvalue weighted by molar-refractivity contribution is -0.137. The van der Waals surface area contributed by atoms with E-state index in [0.29, 0.717) is 18.7 Å². The molecular weight excluding hydrogens is 345 g/mol. The van der Waals surface area contributed by atoms with Gasteiger partial charge in [-0.3, -0.25) is 9.69 Å². The van der Waals surface area contributed by atoms with Crippen LogP contribution in [0.3, 0.4) is 0 Å². The number of carbonyl (C=O) groups excluding carboxylic acids is 1. The first-order chi connectivity index (χ1) is 12.4. The van der Waals surface area contributed by atoms with Crippen LogP contribution in [0.5, 0.6) is 0 Å². The van der Waals surface area contributed by atoms with E-state index in [0.717, 1.165) is 17.7 Å². The molecule has 1 fully saturated rings. The number of aliphatic hydroxyl groups excluding tert-OH is 1. The van der Waals surface area contributed by atoms with Crippen molar-refractivity contribution in [2.45, 2.75) is 18.3 Å². The predicted molar refractivity (Wildman–Crippen MR) is 90.2 cm³/mol. The lowest BCUT2D eigenvalue weighted by Gasteiger charge is -2.36. The van der Waals surface area contributed by atoms with Gasteiger partial charge in [-0.1, -0.05) is 42.5 Å². The summed E-state index contributed by atoms with van der Waals surface area (Å²) in [5, 5.41) is 13.2. The Morgan fingerprint density at radius 2 is 1.77 bits per heavy atom. The molecule has 0 saturated carbocycles. The zero-order valence-electron chi connectivity index (χ0n) is 13.9. The van der Waals surface area contributed by atoms with Gasteiger partial charge in [-0.15, -0.1) is 0 Å². The Balaban J connectivity index is 1.81. The van der Waals surface area contributed by atoms with Gasteiger partial charge in [-0.2, -0.15) is 13.2 Å². The predicted octanol–water partition coefficient (Wildman–Crippen LogP) is 2.91. The van der Waals surface area contributed by atoms with Crippen molar-refractivity contribution in [3.8, 4) is 0 Å². The Morgan fingerprint density at radius 3 is 2.38 bits per heavy atom. The van der Waals surface area contributed by atoms with Crippen molar-refractivity contribution >= 4 is 5.91 Å². The molecule has 1 amide bonds. The van der Waals surface area contributed by atoms with E-state index in [1.54, 1.807) is 17.0 Å². The van der Waals surface area contributed by atoms with Crippen LogP contribution in [0.4, 0.5) is 13.2 Å². The van der Waals surface area contributed by atoms with Crippen LogP contribution in [0.25, 0.3) is 0 Å². The average Bonchev–Trinajstić information content (AvgIpc) is 2.62. The maximum Gasteiger partial charge on any atom is 0.416 e. The molecule has 26 heavy (non-hydrogen) atoms. The van der Waals surface area contributed by atoms with Crippen LogP contribution in [-0.4, -0.2) is 35.5 Å². The largest absolute Gasteiger partial charge is 0.416 e. The Labute approximate surface area is 149 Å². The van der Waals surface area contributed by atoms with Gasteiger partial charge in [-0.05, 0) is 23.3 Å². The fourth-order valence-electron chi connectivity index (χ4n) is 3.13. The molecule has 138 valence electrons. The van der Waals surface area contributed by atoms with Gasteiger partial charge in [0.25, 0.3) is 0 Å². The fraction of sp³-hybridized carbons (Fsp3) is 0.316. The number of amides is 1. The van der Waals surface area contributed by atoms with Crippen molar-refractivity contribution in [3.05, 3.63) is 71.3 Å². The number of halogens is 3. The molecule has 0 radical (unpaired) electrons. The quantitative estimate of drug-likeness (QED) is 0.877. The van der Waals surface area contributed by atoms with Crippen molar-refractivity contribution < 1.29 is 23.1 Å². The maximum absolute atomic E-state index is 12.8. The second-order valence-electron chi connectivity index (χ2n) is 6.23. The third-order valence-electron chi connectivity index (χ3n) is 4.46. The van der Waals surface area contributed by atoms with Gasteiger partial charge in [0, 0.05) is 19.6 Å². The molecule has 0 bridgehead atoms. The smallest absolute Gasteiger partial charge is 0.387 e. The van der Waals surface area contributed by atoms with Gasteiger partial charge in [0.1, 0.15) is 6.04 Å². The SMILES string of the molecule is O=C1NCCN(CC(O)c2ccccc2)C1c1ccc(C(F)(F)F)cc1. The molecule has 2 atom stereocenters. The number of nitrogens with one attached hydrogen (secondary N) is 1. The second kappa shape index (κ2) is 7.47. The number of nitrogens with zero attached hydrogens (tertiary/aromatic N) is 1. The summed E-state index contributed by atoms with van der Waals surface area (Å²) in [4.78, 5) is 14.1. The van der Waals surface area contributed by atoms with E-state index in [2.05, 4.69) is 5.32 Å². The first kappa shape index (κ1) is 18.4. The minimum Gasteiger partial charge on any atom is -0.387 e. The number of carbonyl (C=O) groups is 1. The van der Waals surface area contributed by atoms with E-state index in [1.807, 2.05) is 18.2 Å². The van der Waals surface area contributed by atoms with Crippen LogP contribution >= 0.6 is 0 Å². The summed E-state index contributed by atoms with van der Waals surface area (Å²) in [6.45, 7) is 1.14. The van der Waals surface area contributed by atoms with Crippen LogP contribution in [0.2, 0.25) is 0 Å². The van der Waals surface area contributed by atoms with Crippen LogP contribution < -0.4 is 5.32 Å². The molecular formula is C19H19F3N2O2. The summed E-state index contributed by atoms with van der Waals surface area (Å²) in [5.74, 6) is -0.281. The molecule has 2 aromatic carbocycles. The Bertz CT molecular complexity index is 748. The van der Waals surface area contributed by atoms with E-state index in [4.69, 9.17) is 0 Å². The maximum atomic E-state index is 12.8. The zero-order chi connectivity index (χ0) is 18.7. The van der Waals surface area contributed by atoms with Crippen molar-refractivity contribution in [2.75, 3.05) is 19.6 Å². The van der Waals surface area contributed by atoms with Gasteiger partial charge < -0.3 is 10.4 Å². The van der Waals surface area contributed by atoms with E-state index in [-0.39, 0.29) is 12.5 Å². The number of hydrogen-bond acceptors (Lipinski definition) is 3. The third-order valence-corrected chi connectivity index (χ3v) is 4.46. The highest BCUT2D eigenvalue weighted by Crippen LogP contribution is 2.32. The lowest BCUT2D eigenvalue weighted by atomic mass is 9.99.